The number of carbonyl (C=O) groups is 3. The van der Waals surface area contributed by atoms with Crippen LogP contribution in [0, 0.1) is 0 Å². The molecule has 0 unspecified atom stereocenters. The van der Waals surface area contributed by atoms with Gasteiger partial charge in [0.2, 0.25) is 5.91 Å². The Labute approximate surface area is 204 Å². The fourth-order valence-electron chi connectivity index (χ4n) is 4.82. The van der Waals surface area contributed by atoms with E-state index in [0.29, 0.717) is 24.3 Å². The molecule has 3 aliphatic rings. The molecule has 0 radical (unpaired) electrons. The van der Waals surface area contributed by atoms with Crippen molar-refractivity contribution in [2.75, 3.05) is 26.3 Å². The lowest BCUT2D eigenvalue weighted by Gasteiger charge is -2.39. The highest BCUT2D eigenvalue weighted by atomic mass is 16.5. The Bertz CT molecular complexity index is 1190. The average molecular weight is 476 g/mol. The van der Waals surface area contributed by atoms with Crippen molar-refractivity contribution in [3.63, 3.8) is 0 Å². The lowest BCUT2D eigenvalue weighted by molar-refractivity contribution is -0.131. The maximum atomic E-state index is 13.4. The standard InChI is InChI=1S/C27H29N3O5/c1-18-10-11-27(2,26(33)28-18)30-24(31)21-4-3-5-22(23(21)25(30)32)35-17-20-8-6-19(7-9-20)16-29-12-14-34-15-13-29/h3-9H,1,10-17H2,2H3,(H,28,33)/t27-/m0/s1. The van der Waals surface area contributed by atoms with Crippen LogP contribution >= 0.6 is 0 Å². The van der Waals surface area contributed by atoms with Crippen LogP contribution in [0.3, 0.4) is 0 Å². The van der Waals surface area contributed by atoms with Crippen molar-refractivity contribution < 1.29 is 23.9 Å². The Hall–Kier alpha value is -3.49. The molecule has 2 saturated heterocycles. The molecule has 3 aliphatic heterocycles. The monoisotopic (exact) mass is 475 g/mol. The highest BCUT2D eigenvalue weighted by molar-refractivity contribution is 6.24. The van der Waals surface area contributed by atoms with E-state index in [1.807, 2.05) is 12.1 Å². The molecule has 3 heterocycles. The lowest BCUT2D eigenvalue weighted by Crippen LogP contribution is -2.60. The number of piperidine rings is 1. The van der Waals surface area contributed by atoms with Crippen LogP contribution in [-0.4, -0.2) is 59.4 Å². The summed E-state index contributed by atoms with van der Waals surface area (Å²) in [7, 11) is 0. The topological polar surface area (TPSA) is 88.2 Å². The number of allylic oxidation sites excluding steroid dienone is 1. The molecule has 3 amide bonds. The van der Waals surface area contributed by atoms with E-state index >= 15 is 0 Å². The molecule has 1 atom stereocenters. The van der Waals surface area contributed by atoms with Gasteiger partial charge in [-0.25, -0.2) is 0 Å². The van der Waals surface area contributed by atoms with Gasteiger partial charge in [0.25, 0.3) is 11.8 Å². The van der Waals surface area contributed by atoms with E-state index in [9.17, 15) is 14.4 Å². The Morgan fingerprint density at radius 1 is 1.03 bits per heavy atom. The van der Waals surface area contributed by atoms with Gasteiger partial charge in [-0.15, -0.1) is 0 Å². The molecule has 0 saturated carbocycles. The van der Waals surface area contributed by atoms with Crippen molar-refractivity contribution in [3.8, 4) is 5.75 Å². The SMILES string of the molecule is C=C1CC[C@](C)(N2C(=O)c3cccc(OCc4ccc(CN5CCOCC5)cc4)c3C2=O)C(=O)N1. The van der Waals surface area contributed by atoms with Crippen LogP contribution in [0.15, 0.2) is 54.7 Å². The molecule has 8 nitrogen and oxygen atoms in total. The highest BCUT2D eigenvalue weighted by Gasteiger charge is 2.52. The number of hydrogen-bond acceptors (Lipinski definition) is 6. The minimum absolute atomic E-state index is 0.208. The van der Waals surface area contributed by atoms with E-state index < -0.39 is 23.3 Å². The van der Waals surface area contributed by atoms with E-state index in [4.69, 9.17) is 9.47 Å². The molecule has 35 heavy (non-hydrogen) atoms. The first kappa shape index (κ1) is 23.3. The minimum atomic E-state index is -1.28. The number of ether oxygens (including phenoxy) is 2. The summed E-state index contributed by atoms with van der Waals surface area (Å²) in [6.07, 6.45) is 0.830. The van der Waals surface area contributed by atoms with Crippen LogP contribution in [0.2, 0.25) is 0 Å². The van der Waals surface area contributed by atoms with Gasteiger partial charge in [0, 0.05) is 25.3 Å². The number of morpholine rings is 1. The van der Waals surface area contributed by atoms with Crippen LogP contribution in [0.5, 0.6) is 5.75 Å². The number of hydrogen-bond donors (Lipinski definition) is 1. The van der Waals surface area contributed by atoms with Gasteiger partial charge >= 0.3 is 0 Å². The third-order valence-electron chi connectivity index (χ3n) is 6.99. The quantitative estimate of drug-likeness (QED) is 0.647. The predicted octanol–water partition coefficient (Wildman–Crippen LogP) is 2.88. The number of nitrogens with zero attached hydrogens (tertiary/aromatic N) is 2. The van der Waals surface area contributed by atoms with Crippen LogP contribution in [0.4, 0.5) is 0 Å². The first-order valence-corrected chi connectivity index (χ1v) is 11.9. The zero-order chi connectivity index (χ0) is 24.6. The fourth-order valence-corrected chi connectivity index (χ4v) is 4.82. The molecule has 8 heteroatoms. The van der Waals surface area contributed by atoms with E-state index in [2.05, 4.69) is 28.9 Å². The smallest absolute Gasteiger partial charge is 0.266 e. The number of benzene rings is 2. The summed E-state index contributed by atoms with van der Waals surface area (Å²) in [5, 5.41) is 2.69. The van der Waals surface area contributed by atoms with Gasteiger partial charge in [-0.1, -0.05) is 36.9 Å². The summed E-state index contributed by atoms with van der Waals surface area (Å²) in [5.41, 5.74) is 1.95. The van der Waals surface area contributed by atoms with Crippen LogP contribution in [-0.2, 0) is 22.7 Å². The Kier molecular flexibility index (Phi) is 6.17. The molecule has 0 aromatic heterocycles. The second-order valence-electron chi connectivity index (χ2n) is 9.45. The summed E-state index contributed by atoms with van der Waals surface area (Å²) >= 11 is 0. The molecule has 2 aromatic carbocycles. The lowest BCUT2D eigenvalue weighted by atomic mass is 9.88. The molecular formula is C27H29N3O5. The van der Waals surface area contributed by atoms with Gasteiger partial charge in [-0.2, -0.15) is 0 Å². The van der Waals surface area contributed by atoms with E-state index in [1.54, 1.807) is 25.1 Å². The molecule has 5 rings (SSSR count). The molecular weight excluding hydrogens is 446 g/mol. The molecule has 0 bridgehead atoms. The third kappa shape index (κ3) is 4.35. The third-order valence-corrected chi connectivity index (χ3v) is 6.99. The van der Waals surface area contributed by atoms with Crippen molar-refractivity contribution in [2.45, 2.75) is 38.5 Å². The van der Waals surface area contributed by atoms with Gasteiger partial charge < -0.3 is 14.8 Å². The highest BCUT2D eigenvalue weighted by Crippen LogP contribution is 2.38. The van der Waals surface area contributed by atoms with Crippen molar-refractivity contribution in [3.05, 3.63) is 77.0 Å². The summed E-state index contributed by atoms with van der Waals surface area (Å²) in [4.78, 5) is 42.8. The van der Waals surface area contributed by atoms with Crippen LogP contribution in [0.25, 0.3) is 0 Å². The van der Waals surface area contributed by atoms with Crippen LogP contribution < -0.4 is 10.1 Å². The maximum absolute atomic E-state index is 13.4. The van der Waals surface area contributed by atoms with E-state index in [0.717, 1.165) is 43.3 Å². The zero-order valence-corrected chi connectivity index (χ0v) is 19.8. The zero-order valence-electron chi connectivity index (χ0n) is 19.8. The second kappa shape index (κ2) is 9.28. The summed E-state index contributed by atoms with van der Waals surface area (Å²) in [6, 6.07) is 13.2. The normalized spacial score (nSPS) is 22.8. The molecule has 1 N–H and O–H groups in total. The average Bonchev–Trinajstić information content (AvgIpc) is 3.13. The van der Waals surface area contributed by atoms with Gasteiger partial charge in [0.05, 0.1) is 24.3 Å². The van der Waals surface area contributed by atoms with Gasteiger partial charge in [0.1, 0.15) is 17.9 Å². The molecule has 0 spiro atoms. The maximum Gasteiger partial charge on any atom is 0.266 e. The van der Waals surface area contributed by atoms with Gasteiger partial charge in [-0.3, -0.25) is 24.2 Å². The Morgan fingerprint density at radius 2 is 1.74 bits per heavy atom. The predicted molar refractivity (Wildman–Crippen MR) is 129 cm³/mol. The largest absolute Gasteiger partial charge is 0.488 e. The van der Waals surface area contributed by atoms with Crippen molar-refractivity contribution >= 4 is 17.7 Å². The first-order valence-electron chi connectivity index (χ1n) is 11.9. The molecule has 182 valence electrons. The second-order valence-corrected chi connectivity index (χ2v) is 9.45. The number of fused-ring (bicyclic) bond motifs is 1. The van der Waals surface area contributed by atoms with E-state index in [-0.39, 0.29) is 17.7 Å². The first-order chi connectivity index (χ1) is 16.9. The van der Waals surface area contributed by atoms with Crippen molar-refractivity contribution in [2.24, 2.45) is 0 Å². The van der Waals surface area contributed by atoms with Crippen molar-refractivity contribution in [1.29, 1.82) is 0 Å². The molecule has 2 fully saturated rings. The number of carbonyl (C=O) groups excluding carboxylic acids is 3. The summed E-state index contributed by atoms with van der Waals surface area (Å²) in [5.74, 6) is -1.05. The van der Waals surface area contributed by atoms with Crippen LogP contribution in [0.1, 0.15) is 51.6 Å². The fraction of sp³-hybridized carbons (Fsp3) is 0.370. The number of imide groups is 1. The van der Waals surface area contributed by atoms with Gasteiger partial charge in [0.15, 0.2) is 0 Å². The summed E-state index contributed by atoms with van der Waals surface area (Å²) < 4.78 is 11.4. The Morgan fingerprint density at radius 3 is 2.46 bits per heavy atom. The Balaban J connectivity index is 1.30. The summed E-state index contributed by atoms with van der Waals surface area (Å²) in [6.45, 7) is 9.95. The number of nitrogens with one attached hydrogen (secondary N) is 1. The van der Waals surface area contributed by atoms with E-state index in [1.165, 1.54) is 5.56 Å². The number of amides is 3. The minimum Gasteiger partial charge on any atom is -0.488 e. The molecule has 2 aromatic rings. The van der Waals surface area contributed by atoms with Crippen molar-refractivity contribution in [1.82, 2.24) is 15.1 Å². The number of rotatable bonds is 6. The molecule has 0 aliphatic carbocycles. The van der Waals surface area contributed by atoms with Gasteiger partial charge in [-0.05, 0) is 43.0 Å².